The fourth-order valence-corrected chi connectivity index (χ4v) is 2.08. The first kappa shape index (κ1) is 15.2. The lowest BCUT2D eigenvalue weighted by Crippen LogP contribution is -2.14. The summed E-state index contributed by atoms with van der Waals surface area (Å²) in [5, 5.41) is 13.0. The maximum absolute atomic E-state index is 13.0. The largest absolute Gasteiger partial charge is 0.322 e. The molecule has 0 saturated carbocycles. The van der Waals surface area contributed by atoms with Crippen LogP contribution in [-0.4, -0.2) is 10.8 Å². The van der Waals surface area contributed by atoms with Crippen LogP contribution >= 0.6 is 23.2 Å². The molecule has 0 heterocycles. The van der Waals surface area contributed by atoms with Crippen molar-refractivity contribution in [2.24, 2.45) is 0 Å². The lowest BCUT2D eigenvalue weighted by Gasteiger charge is -2.07. The number of para-hydroxylation sites is 1. The van der Waals surface area contributed by atoms with Gasteiger partial charge < -0.3 is 5.32 Å². The molecule has 0 fully saturated rings. The standard InChI is InChI=1S/C13H7Cl2FN2O3/c14-9-3-1-2-8(12(9)18(20)21)13(19)17-7-4-5-11(16)10(15)6-7/h1-6H,(H,17,19). The summed E-state index contributed by atoms with van der Waals surface area (Å²) in [7, 11) is 0. The van der Waals surface area contributed by atoms with Crippen LogP contribution in [0.3, 0.4) is 0 Å². The van der Waals surface area contributed by atoms with Gasteiger partial charge in [-0.05, 0) is 30.3 Å². The number of nitro benzene ring substituents is 1. The van der Waals surface area contributed by atoms with Gasteiger partial charge in [0.05, 0.1) is 9.95 Å². The minimum Gasteiger partial charge on any atom is -0.322 e. The van der Waals surface area contributed by atoms with Crippen LogP contribution in [0, 0.1) is 15.9 Å². The van der Waals surface area contributed by atoms with E-state index in [2.05, 4.69) is 5.32 Å². The molecule has 0 aromatic heterocycles. The van der Waals surface area contributed by atoms with Crippen molar-refractivity contribution in [1.82, 2.24) is 0 Å². The second kappa shape index (κ2) is 6.07. The first-order valence-electron chi connectivity index (χ1n) is 5.59. The Morgan fingerprint density at radius 2 is 1.90 bits per heavy atom. The molecule has 0 aliphatic heterocycles. The number of hydrogen-bond donors (Lipinski definition) is 1. The Labute approximate surface area is 128 Å². The average Bonchev–Trinajstić information content (AvgIpc) is 2.42. The van der Waals surface area contributed by atoms with Gasteiger partial charge in [0.1, 0.15) is 16.4 Å². The van der Waals surface area contributed by atoms with Crippen molar-refractivity contribution in [2.45, 2.75) is 0 Å². The Balaban J connectivity index is 2.35. The summed E-state index contributed by atoms with van der Waals surface area (Å²) >= 11 is 11.3. The third-order valence-corrected chi connectivity index (χ3v) is 3.19. The normalized spacial score (nSPS) is 10.2. The van der Waals surface area contributed by atoms with Gasteiger partial charge in [-0.2, -0.15) is 0 Å². The molecule has 1 N–H and O–H groups in total. The van der Waals surface area contributed by atoms with Crippen molar-refractivity contribution in [2.75, 3.05) is 5.32 Å². The van der Waals surface area contributed by atoms with E-state index < -0.39 is 22.3 Å². The first-order chi connectivity index (χ1) is 9.90. The predicted octanol–water partition coefficient (Wildman–Crippen LogP) is 4.29. The average molecular weight is 329 g/mol. The van der Waals surface area contributed by atoms with E-state index in [1.807, 2.05) is 0 Å². The number of nitrogens with zero attached hydrogens (tertiary/aromatic N) is 1. The molecular formula is C13H7Cl2FN2O3. The Morgan fingerprint density at radius 1 is 1.19 bits per heavy atom. The van der Waals surface area contributed by atoms with Crippen molar-refractivity contribution in [1.29, 1.82) is 0 Å². The molecule has 5 nitrogen and oxygen atoms in total. The molecule has 0 radical (unpaired) electrons. The topological polar surface area (TPSA) is 72.2 Å². The molecule has 0 saturated heterocycles. The second-order valence-electron chi connectivity index (χ2n) is 3.98. The number of benzene rings is 2. The van der Waals surface area contributed by atoms with Gasteiger partial charge in [-0.1, -0.05) is 29.3 Å². The zero-order valence-corrected chi connectivity index (χ0v) is 11.8. The summed E-state index contributed by atoms with van der Waals surface area (Å²) in [4.78, 5) is 22.3. The number of amides is 1. The quantitative estimate of drug-likeness (QED) is 0.674. The zero-order chi connectivity index (χ0) is 15.6. The van der Waals surface area contributed by atoms with Gasteiger partial charge in [0, 0.05) is 5.69 Å². The highest BCUT2D eigenvalue weighted by atomic mass is 35.5. The molecule has 0 spiro atoms. The maximum Gasteiger partial charge on any atom is 0.300 e. The predicted molar refractivity (Wildman–Crippen MR) is 77.5 cm³/mol. The highest BCUT2D eigenvalue weighted by Gasteiger charge is 2.23. The number of nitrogens with one attached hydrogen (secondary N) is 1. The van der Waals surface area contributed by atoms with E-state index in [1.54, 1.807) is 0 Å². The van der Waals surface area contributed by atoms with Crippen LogP contribution in [0.25, 0.3) is 0 Å². The van der Waals surface area contributed by atoms with Gasteiger partial charge in [-0.25, -0.2) is 4.39 Å². The van der Waals surface area contributed by atoms with Crippen molar-refractivity contribution < 1.29 is 14.1 Å². The van der Waals surface area contributed by atoms with E-state index in [0.29, 0.717) is 0 Å². The van der Waals surface area contributed by atoms with E-state index >= 15 is 0 Å². The van der Waals surface area contributed by atoms with Gasteiger partial charge in [0.2, 0.25) is 0 Å². The summed E-state index contributed by atoms with van der Waals surface area (Å²) in [5.41, 5.74) is -0.488. The van der Waals surface area contributed by atoms with Crippen LogP contribution in [0.5, 0.6) is 0 Å². The molecule has 108 valence electrons. The van der Waals surface area contributed by atoms with Crippen LogP contribution < -0.4 is 5.32 Å². The number of anilines is 1. The Hall–Kier alpha value is -2.18. The van der Waals surface area contributed by atoms with Crippen molar-refractivity contribution in [3.63, 3.8) is 0 Å². The molecule has 1 amide bonds. The molecule has 2 aromatic carbocycles. The third-order valence-electron chi connectivity index (χ3n) is 2.59. The fraction of sp³-hybridized carbons (Fsp3) is 0. The number of nitro groups is 1. The summed E-state index contributed by atoms with van der Waals surface area (Å²) in [5.74, 6) is -1.38. The number of halogens is 3. The lowest BCUT2D eigenvalue weighted by atomic mass is 10.1. The van der Waals surface area contributed by atoms with Crippen LogP contribution in [0.4, 0.5) is 15.8 Å². The number of carbonyl (C=O) groups is 1. The van der Waals surface area contributed by atoms with Gasteiger partial charge in [-0.15, -0.1) is 0 Å². The summed E-state index contributed by atoms with van der Waals surface area (Å²) < 4.78 is 13.0. The third kappa shape index (κ3) is 3.29. The van der Waals surface area contributed by atoms with Gasteiger partial charge >= 0.3 is 5.69 Å². The SMILES string of the molecule is O=C(Nc1ccc(F)c(Cl)c1)c1cccc(Cl)c1[N+](=O)[O-]. The highest BCUT2D eigenvalue weighted by Crippen LogP contribution is 2.29. The minimum absolute atomic E-state index is 0.148. The molecule has 0 unspecified atom stereocenters. The van der Waals surface area contributed by atoms with Crippen LogP contribution in [0.1, 0.15) is 10.4 Å². The minimum atomic E-state index is -0.744. The maximum atomic E-state index is 13.0. The molecule has 0 atom stereocenters. The van der Waals surface area contributed by atoms with Gasteiger partial charge in [0.15, 0.2) is 0 Å². The molecule has 0 bridgehead atoms. The van der Waals surface area contributed by atoms with Crippen LogP contribution in [-0.2, 0) is 0 Å². The van der Waals surface area contributed by atoms with Gasteiger partial charge in [0.25, 0.3) is 5.91 Å². The van der Waals surface area contributed by atoms with E-state index in [4.69, 9.17) is 23.2 Å². The first-order valence-corrected chi connectivity index (χ1v) is 6.35. The monoisotopic (exact) mass is 328 g/mol. The van der Waals surface area contributed by atoms with E-state index in [9.17, 15) is 19.3 Å². The van der Waals surface area contributed by atoms with Crippen molar-refractivity contribution in [3.05, 3.63) is 67.9 Å². The Kier molecular flexibility index (Phi) is 4.40. The molecular weight excluding hydrogens is 322 g/mol. The fourth-order valence-electron chi connectivity index (χ4n) is 1.66. The highest BCUT2D eigenvalue weighted by molar-refractivity contribution is 6.33. The molecule has 8 heteroatoms. The van der Waals surface area contributed by atoms with E-state index in [0.717, 1.165) is 6.07 Å². The molecule has 2 rings (SSSR count). The smallest absolute Gasteiger partial charge is 0.300 e. The molecule has 0 aliphatic carbocycles. The van der Waals surface area contributed by atoms with Crippen LogP contribution in [0.15, 0.2) is 36.4 Å². The van der Waals surface area contributed by atoms with Gasteiger partial charge in [-0.3, -0.25) is 14.9 Å². The Morgan fingerprint density at radius 3 is 2.52 bits per heavy atom. The lowest BCUT2D eigenvalue weighted by molar-refractivity contribution is -0.385. The van der Waals surface area contributed by atoms with Crippen LogP contribution in [0.2, 0.25) is 10.0 Å². The Bertz CT molecular complexity index is 737. The number of rotatable bonds is 3. The number of carbonyl (C=O) groups excluding carboxylic acids is 1. The zero-order valence-electron chi connectivity index (χ0n) is 10.3. The number of hydrogen-bond acceptors (Lipinski definition) is 3. The summed E-state index contributed by atoms with van der Waals surface area (Å²) in [6.45, 7) is 0. The molecule has 2 aromatic rings. The van der Waals surface area contributed by atoms with E-state index in [-0.39, 0.29) is 21.3 Å². The molecule has 0 aliphatic rings. The molecule has 21 heavy (non-hydrogen) atoms. The van der Waals surface area contributed by atoms with E-state index in [1.165, 1.54) is 30.3 Å². The van der Waals surface area contributed by atoms with Crippen molar-refractivity contribution >= 4 is 40.5 Å². The van der Waals surface area contributed by atoms with Crippen molar-refractivity contribution in [3.8, 4) is 0 Å². The second-order valence-corrected chi connectivity index (χ2v) is 4.79. The summed E-state index contributed by atoms with van der Waals surface area (Å²) in [6, 6.07) is 7.56. The summed E-state index contributed by atoms with van der Waals surface area (Å²) in [6.07, 6.45) is 0.